The first-order valence-corrected chi connectivity index (χ1v) is 6.84. The summed E-state index contributed by atoms with van der Waals surface area (Å²) in [5.74, 6) is -0.306. The average Bonchev–Trinajstić information content (AvgIpc) is 2.50. The van der Waals surface area contributed by atoms with Gasteiger partial charge in [-0.05, 0) is 50.8 Å². The number of hydrogen-bond acceptors (Lipinski definition) is 3. The van der Waals surface area contributed by atoms with E-state index in [0.29, 0.717) is 24.2 Å². The minimum absolute atomic E-state index is 0.306. The molecule has 2 N–H and O–H groups in total. The Morgan fingerprint density at radius 1 is 1.32 bits per heavy atom. The van der Waals surface area contributed by atoms with Gasteiger partial charge >= 0.3 is 0 Å². The fraction of sp³-hybridized carbons (Fsp3) is 0.600. The van der Waals surface area contributed by atoms with Gasteiger partial charge in [-0.1, -0.05) is 6.07 Å². The molecule has 0 aromatic heterocycles. The standard InChI is InChI=1S/C15H22FNO2/c1-11(18)12-4-5-14(13(16)10-12)17-8-3-6-15(2,19)7-9-17/h4-5,10-11,18-19H,3,6-9H2,1-2H3/t11-,15?/m0/s1. The van der Waals surface area contributed by atoms with Gasteiger partial charge in [0.2, 0.25) is 0 Å². The Balaban J connectivity index is 2.18. The van der Waals surface area contributed by atoms with E-state index in [1.54, 1.807) is 19.1 Å². The van der Waals surface area contributed by atoms with Crippen molar-refractivity contribution in [3.63, 3.8) is 0 Å². The Morgan fingerprint density at radius 3 is 2.68 bits per heavy atom. The van der Waals surface area contributed by atoms with Gasteiger partial charge < -0.3 is 15.1 Å². The topological polar surface area (TPSA) is 43.7 Å². The van der Waals surface area contributed by atoms with Crippen molar-refractivity contribution in [1.82, 2.24) is 0 Å². The summed E-state index contributed by atoms with van der Waals surface area (Å²) in [5, 5.41) is 19.5. The lowest BCUT2D eigenvalue weighted by atomic mass is 9.98. The monoisotopic (exact) mass is 267 g/mol. The first-order chi connectivity index (χ1) is 8.89. The minimum atomic E-state index is -0.659. The molecule has 4 heteroatoms. The quantitative estimate of drug-likeness (QED) is 0.865. The van der Waals surface area contributed by atoms with Crippen LogP contribution in [-0.4, -0.2) is 28.9 Å². The molecule has 0 bridgehead atoms. The Bertz CT molecular complexity index is 446. The third-order valence-corrected chi connectivity index (χ3v) is 3.86. The van der Waals surface area contributed by atoms with E-state index in [-0.39, 0.29) is 5.82 Å². The van der Waals surface area contributed by atoms with E-state index in [0.717, 1.165) is 19.4 Å². The molecule has 2 atom stereocenters. The fourth-order valence-electron chi connectivity index (χ4n) is 2.54. The lowest BCUT2D eigenvalue weighted by Crippen LogP contribution is -2.28. The van der Waals surface area contributed by atoms with Crippen molar-refractivity contribution in [3.05, 3.63) is 29.6 Å². The summed E-state index contributed by atoms with van der Waals surface area (Å²) in [5.41, 5.74) is 0.496. The molecule has 1 unspecified atom stereocenters. The number of anilines is 1. The van der Waals surface area contributed by atoms with Crippen LogP contribution in [0.1, 0.15) is 44.8 Å². The first kappa shape index (κ1) is 14.3. The van der Waals surface area contributed by atoms with Crippen LogP contribution in [-0.2, 0) is 0 Å². The predicted octanol–water partition coefficient (Wildman–Crippen LogP) is 2.62. The van der Waals surface area contributed by atoms with Crippen LogP contribution < -0.4 is 4.90 Å². The maximum Gasteiger partial charge on any atom is 0.146 e. The molecule has 3 nitrogen and oxygen atoms in total. The maximum atomic E-state index is 14.1. The molecule has 1 saturated heterocycles. The fourth-order valence-corrected chi connectivity index (χ4v) is 2.54. The number of halogens is 1. The Morgan fingerprint density at radius 2 is 2.05 bits per heavy atom. The highest BCUT2D eigenvalue weighted by atomic mass is 19.1. The normalized spacial score (nSPS) is 26.1. The summed E-state index contributed by atoms with van der Waals surface area (Å²) in [6.07, 6.45) is 1.58. The van der Waals surface area contributed by atoms with E-state index < -0.39 is 11.7 Å². The maximum absolute atomic E-state index is 14.1. The highest BCUT2D eigenvalue weighted by Gasteiger charge is 2.26. The van der Waals surface area contributed by atoms with Crippen molar-refractivity contribution >= 4 is 5.69 Å². The zero-order chi connectivity index (χ0) is 14.0. The van der Waals surface area contributed by atoms with Gasteiger partial charge in [0.15, 0.2) is 0 Å². The summed E-state index contributed by atoms with van der Waals surface area (Å²) >= 11 is 0. The molecular weight excluding hydrogens is 245 g/mol. The highest BCUT2D eigenvalue weighted by Crippen LogP contribution is 2.28. The van der Waals surface area contributed by atoms with Crippen LogP contribution in [0.4, 0.5) is 10.1 Å². The number of benzene rings is 1. The van der Waals surface area contributed by atoms with Crippen molar-refractivity contribution in [1.29, 1.82) is 0 Å². The number of aliphatic hydroxyl groups is 2. The van der Waals surface area contributed by atoms with Crippen molar-refractivity contribution < 1.29 is 14.6 Å². The zero-order valence-corrected chi connectivity index (χ0v) is 11.6. The second-order valence-corrected chi connectivity index (χ2v) is 5.72. The molecule has 1 aliphatic heterocycles. The highest BCUT2D eigenvalue weighted by molar-refractivity contribution is 5.49. The van der Waals surface area contributed by atoms with Crippen LogP contribution in [0, 0.1) is 5.82 Å². The zero-order valence-electron chi connectivity index (χ0n) is 11.6. The number of rotatable bonds is 2. The lowest BCUT2D eigenvalue weighted by molar-refractivity contribution is 0.0481. The Labute approximate surface area is 113 Å². The van der Waals surface area contributed by atoms with E-state index in [9.17, 15) is 14.6 Å². The van der Waals surface area contributed by atoms with Gasteiger partial charge in [-0.25, -0.2) is 4.39 Å². The average molecular weight is 267 g/mol. The SMILES string of the molecule is C[C@H](O)c1ccc(N2CCCC(C)(O)CC2)c(F)c1. The molecule has 1 aromatic rings. The molecule has 0 spiro atoms. The van der Waals surface area contributed by atoms with E-state index in [2.05, 4.69) is 0 Å². The molecule has 1 aromatic carbocycles. The van der Waals surface area contributed by atoms with Crippen molar-refractivity contribution in [2.75, 3.05) is 18.0 Å². The number of nitrogens with zero attached hydrogens (tertiary/aromatic N) is 1. The van der Waals surface area contributed by atoms with Gasteiger partial charge in [0.1, 0.15) is 5.82 Å². The molecule has 0 aliphatic carbocycles. The molecule has 19 heavy (non-hydrogen) atoms. The largest absolute Gasteiger partial charge is 0.390 e. The van der Waals surface area contributed by atoms with E-state index in [1.165, 1.54) is 6.07 Å². The van der Waals surface area contributed by atoms with Gasteiger partial charge in [-0.2, -0.15) is 0 Å². The summed E-state index contributed by atoms with van der Waals surface area (Å²) in [6.45, 7) is 4.86. The second-order valence-electron chi connectivity index (χ2n) is 5.72. The van der Waals surface area contributed by atoms with Gasteiger partial charge in [0, 0.05) is 13.1 Å². The summed E-state index contributed by atoms with van der Waals surface area (Å²) in [4.78, 5) is 1.97. The van der Waals surface area contributed by atoms with E-state index in [1.807, 2.05) is 11.8 Å². The summed E-state index contributed by atoms with van der Waals surface area (Å²) < 4.78 is 14.1. The molecule has 0 radical (unpaired) electrons. The minimum Gasteiger partial charge on any atom is -0.390 e. The number of hydrogen-bond donors (Lipinski definition) is 2. The van der Waals surface area contributed by atoms with Crippen LogP contribution in [0.25, 0.3) is 0 Å². The predicted molar refractivity (Wildman–Crippen MR) is 73.7 cm³/mol. The van der Waals surface area contributed by atoms with Gasteiger partial charge in [-0.15, -0.1) is 0 Å². The molecule has 1 fully saturated rings. The van der Waals surface area contributed by atoms with E-state index in [4.69, 9.17) is 0 Å². The lowest BCUT2D eigenvalue weighted by Gasteiger charge is -2.25. The first-order valence-electron chi connectivity index (χ1n) is 6.84. The van der Waals surface area contributed by atoms with Gasteiger partial charge in [0.25, 0.3) is 0 Å². The number of aliphatic hydroxyl groups excluding tert-OH is 1. The molecule has 0 amide bonds. The molecule has 1 heterocycles. The van der Waals surface area contributed by atoms with Crippen molar-refractivity contribution in [3.8, 4) is 0 Å². The molecule has 0 saturated carbocycles. The summed E-state index contributed by atoms with van der Waals surface area (Å²) in [6, 6.07) is 4.87. The van der Waals surface area contributed by atoms with Crippen LogP contribution in [0.5, 0.6) is 0 Å². The third-order valence-electron chi connectivity index (χ3n) is 3.86. The van der Waals surface area contributed by atoms with Crippen LogP contribution in [0.3, 0.4) is 0 Å². The van der Waals surface area contributed by atoms with Gasteiger partial charge in [-0.3, -0.25) is 0 Å². The summed E-state index contributed by atoms with van der Waals surface area (Å²) in [7, 11) is 0. The van der Waals surface area contributed by atoms with Crippen molar-refractivity contribution in [2.45, 2.75) is 44.8 Å². The Kier molecular flexibility index (Phi) is 4.11. The van der Waals surface area contributed by atoms with Crippen molar-refractivity contribution in [2.24, 2.45) is 0 Å². The van der Waals surface area contributed by atoms with E-state index >= 15 is 0 Å². The molecule has 106 valence electrons. The van der Waals surface area contributed by atoms with Crippen LogP contribution >= 0.6 is 0 Å². The Hall–Kier alpha value is -1.13. The molecule has 2 rings (SSSR count). The smallest absolute Gasteiger partial charge is 0.146 e. The second kappa shape index (κ2) is 5.47. The van der Waals surface area contributed by atoms with Gasteiger partial charge in [0.05, 0.1) is 17.4 Å². The van der Waals surface area contributed by atoms with Crippen LogP contribution in [0.2, 0.25) is 0 Å². The van der Waals surface area contributed by atoms with Crippen LogP contribution in [0.15, 0.2) is 18.2 Å². The molecular formula is C15H22FNO2. The molecule has 1 aliphatic rings. The third kappa shape index (κ3) is 3.45.